The van der Waals surface area contributed by atoms with Crippen molar-refractivity contribution in [2.45, 2.75) is 13.3 Å². The van der Waals surface area contributed by atoms with E-state index in [1.54, 1.807) is 12.1 Å². The molecule has 10 nitrogen and oxygen atoms in total. The van der Waals surface area contributed by atoms with Crippen LogP contribution in [0.15, 0.2) is 42.5 Å². The molecule has 2 amide bonds. The Kier molecular flexibility index (Phi) is 6.15. The van der Waals surface area contributed by atoms with Gasteiger partial charge in [0.2, 0.25) is 0 Å². The van der Waals surface area contributed by atoms with Crippen LogP contribution in [-0.2, 0) is 0 Å². The Labute approximate surface area is 153 Å². The number of nitrogens with zero attached hydrogens (tertiary/aromatic N) is 2. The lowest BCUT2D eigenvalue weighted by molar-refractivity contribution is -0.394. The standard InChI is InChI=1S/C17H16N4O6/c1-2-8-18-16(22)11-4-3-5-12(9-11)19-17(23)14-7-6-13(20(24)25)10-15(14)21(26)27/h3-7,9-10H,2,8H2,1H3,(H,18,22)(H,19,23). The quantitative estimate of drug-likeness (QED) is 0.565. The van der Waals surface area contributed by atoms with Crippen LogP contribution >= 0.6 is 0 Å². The number of carbonyl (C=O) groups is 2. The molecular formula is C17H16N4O6. The van der Waals surface area contributed by atoms with E-state index in [4.69, 9.17) is 0 Å². The molecule has 2 aromatic carbocycles. The molecule has 0 saturated heterocycles. The summed E-state index contributed by atoms with van der Waals surface area (Å²) in [6.45, 7) is 2.42. The van der Waals surface area contributed by atoms with Gasteiger partial charge in [-0.1, -0.05) is 13.0 Å². The number of benzene rings is 2. The zero-order valence-corrected chi connectivity index (χ0v) is 14.3. The van der Waals surface area contributed by atoms with E-state index in [2.05, 4.69) is 10.6 Å². The molecular weight excluding hydrogens is 356 g/mol. The number of hydrogen-bond donors (Lipinski definition) is 2. The maximum atomic E-state index is 12.4. The van der Waals surface area contributed by atoms with E-state index in [0.29, 0.717) is 12.1 Å². The highest BCUT2D eigenvalue weighted by Gasteiger charge is 2.24. The molecule has 0 aliphatic rings. The van der Waals surface area contributed by atoms with Gasteiger partial charge in [-0.3, -0.25) is 29.8 Å². The Morgan fingerprint density at radius 3 is 2.37 bits per heavy atom. The van der Waals surface area contributed by atoms with Crippen molar-refractivity contribution in [2.24, 2.45) is 0 Å². The first kappa shape index (κ1) is 19.5. The number of nitro benzene ring substituents is 2. The Balaban J connectivity index is 2.26. The summed E-state index contributed by atoms with van der Waals surface area (Å²) in [7, 11) is 0. The lowest BCUT2D eigenvalue weighted by Gasteiger charge is -2.08. The summed E-state index contributed by atoms with van der Waals surface area (Å²) >= 11 is 0. The zero-order chi connectivity index (χ0) is 20.0. The summed E-state index contributed by atoms with van der Waals surface area (Å²) in [5.41, 5.74) is -0.922. The molecule has 27 heavy (non-hydrogen) atoms. The maximum absolute atomic E-state index is 12.4. The molecule has 0 saturated carbocycles. The second-order valence-electron chi connectivity index (χ2n) is 5.51. The van der Waals surface area contributed by atoms with Crippen molar-refractivity contribution >= 4 is 28.9 Å². The summed E-state index contributed by atoms with van der Waals surface area (Å²) in [4.78, 5) is 44.6. The molecule has 2 rings (SSSR count). The summed E-state index contributed by atoms with van der Waals surface area (Å²) in [6.07, 6.45) is 0.770. The van der Waals surface area contributed by atoms with Gasteiger partial charge in [-0.2, -0.15) is 0 Å². The average molecular weight is 372 g/mol. The van der Waals surface area contributed by atoms with Gasteiger partial charge in [0.1, 0.15) is 5.56 Å². The lowest BCUT2D eigenvalue weighted by atomic mass is 10.1. The molecule has 0 fully saturated rings. The summed E-state index contributed by atoms with van der Waals surface area (Å²) in [5, 5.41) is 27.1. The Bertz CT molecular complexity index is 912. The molecule has 140 valence electrons. The minimum Gasteiger partial charge on any atom is -0.352 e. The molecule has 0 atom stereocenters. The average Bonchev–Trinajstić information content (AvgIpc) is 2.65. The fourth-order valence-electron chi connectivity index (χ4n) is 2.25. The van der Waals surface area contributed by atoms with Gasteiger partial charge >= 0.3 is 0 Å². The van der Waals surface area contributed by atoms with E-state index in [9.17, 15) is 29.8 Å². The van der Waals surface area contributed by atoms with Crippen LogP contribution in [0.2, 0.25) is 0 Å². The van der Waals surface area contributed by atoms with Gasteiger partial charge in [0.05, 0.1) is 15.9 Å². The molecule has 0 bridgehead atoms. The number of non-ortho nitro benzene ring substituents is 1. The number of rotatable bonds is 7. The van der Waals surface area contributed by atoms with Gasteiger partial charge in [-0.15, -0.1) is 0 Å². The fraction of sp³-hybridized carbons (Fsp3) is 0.176. The highest BCUT2D eigenvalue weighted by Crippen LogP contribution is 2.25. The van der Waals surface area contributed by atoms with Crippen molar-refractivity contribution < 1.29 is 19.4 Å². The molecule has 0 aromatic heterocycles. The van der Waals surface area contributed by atoms with Gasteiger partial charge in [-0.25, -0.2) is 0 Å². The number of anilines is 1. The van der Waals surface area contributed by atoms with Crippen LogP contribution < -0.4 is 10.6 Å². The van der Waals surface area contributed by atoms with Gasteiger partial charge in [0.15, 0.2) is 0 Å². The Hall–Kier alpha value is -3.82. The Morgan fingerprint density at radius 2 is 1.74 bits per heavy atom. The zero-order valence-electron chi connectivity index (χ0n) is 14.3. The van der Waals surface area contributed by atoms with Crippen molar-refractivity contribution in [3.05, 3.63) is 73.8 Å². The third kappa shape index (κ3) is 4.84. The summed E-state index contributed by atoms with van der Waals surface area (Å²) < 4.78 is 0. The van der Waals surface area contributed by atoms with Crippen LogP contribution in [0.4, 0.5) is 17.1 Å². The van der Waals surface area contributed by atoms with Crippen LogP contribution in [0.3, 0.4) is 0 Å². The van der Waals surface area contributed by atoms with E-state index in [-0.39, 0.29) is 17.2 Å². The largest absolute Gasteiger partial charge is 0.352 e. The first-order valence-electron chi connectivity index (χ1n) is 7.96. The second-order valence-corrected chi connectivity index (χ2v) is 5.51. The number of hydrogen-bond acceptors (Lipinski definition) is 6. The van der Waals surface area contributed by atoms with Crippen molar-refractivity contribution in [1.82, 2.24) is 5.32 Å². The van der Waals surface area contributed by atoms with Crippen LogP contribution in [0.1, 0.15) is 34.1 Å². The van der Waals surface area contributed by atoms with Gasteiger partial charge in [0, 0.05) is 23.9 Å². The van der Waals surface area contributed by atoms with Crippen LogP contribution in [-0.4, -0.2) is 28.2 Å². The number of nitro groups is 2. The van der Waals surface area contributed by atoms with Crippen molar-refractivity contribution in [3.8, 4) is 0 Å². The molecule has 2 N–H and O–H groups in total. The van der Waals surface area contributed by atoms with E-state index >= 15 is 0 Å². The van der Waals surface area contributed by atoms with Gasteiger partial charge in [-0.05, 0) is 30.7 Å². The first-order chi connectivity index (χ1) is 12.8. The topological polar surface area (TPSA) is 144 Å². The van der Waals surface area contributed by atoms with Crippen molar-refractivity contribution in [1.29, 1.82) is 0 Å². The van der Waals surface area contributed by atoms with Crippen molar-refractivity contribution in [2.75, 3.05) is 11.9 Å². The summed E-state index contributed by atoms with van der Waals surface area (Å²) in [6, 6.07) is 8.82. The maximum Gasteiger partial charge on any atom is 0.289 e. The predicted molar refractivity (Wildman–Crippen MR) is 96.8 cm³/mol. The predicted octanol–water partition coefficient (Wildman–Crippen LogP) is 2.90. The van der Waals surface area contributed by atoms with E-state index in [1.165, 1.54) is 12.1 Å². The van der Waals surface area contributed by atoms with Gasteiger partial charge < -0.3 is 10.6 Å². The number of carbonyl (C=O) groups excluding carboxylic acids is 2. The van der Waals surface area contributed by atoms with Crippen LogP contribution in [0.25, 0.3) is 0 Å². The van der Waals surface area contributed by atoms with E-state index in [1.807, 2.05) is 6.92 Å². The van der Waals surface area contributed by atoms with Crippen molar-refractivity contribution in [3.63, 3.8) is 0 Å². The number of amides is 2. The highest BCUT2D eigenvalue weighted by atomic mass is 16.6. The van der Waals surface area contributed by atoms with Crippen LogP contribution in [0.5, 0.6) is 0 Å². The van der Waals surface area contributed by atoms with Gasteiger partial charge in [0.25, 0.3) is 23.2 Å². The molecule has 0 unspecified atom stereocenters. The van der Waals surface area contributed by atoms with Crippen LogP contribution in [0, 0.1) is 20.2 Å². The monoisotopic (exact) mass is 372 g/mol. The minimum atomic E-state index is -0.865. The smallest absolute Gasteiger partial charge is 0.289 e. The molecule has 0 aliphatic carbocycles. The molecule has 2 aromatic rings. The molecule has 10 heteroatoms. The summed E-state index contributed by atoms with van der Waals surface area (Å²) in [5.74, 6) is -1.13. The third-order valence-corrected chi connectivity index (χ3v) is 3.55. The molecule has 0 radical (unpaired) electrons. The minimum absolute atomic E-state index is 0.261. The normalized spacial score (nSPS) is 10.1. The SMILES string of the molecule is CCCNC(=O)c1cccc(NC(=O)c2ccc([N+](=O)[O-])cc2[N+](=O)[O-])c1. The Morgan fingerprint density at radius 1 is 1.00 bits per heavy atom. The van der Waals surface area contributed by atoms with E-state index in [0.717, 1.165) is 24.6 Å². The molecule has 0 aliphatic heterocycles. The fourth-order valence-corrected chi connectivity index (χ4v) is 2.25. The number of nitrogens with one attached hydrogen (secondary N) is 2. The second kappa shape index (κ2) is 8.52. The highest BCUT2D eigenvalue weighted by molar-refractivity contribution is 6.07. The van der Waals surface area contributed by atoms with E-state index < -0.39 is 27.1 Å². The molecule has 0 heterocycles. The molecule has 0 spiro atoms. The lowest BCUT2D eigenvalue weighted by Crippen LogP contribution is -2.24. The first-order valence-corrected chi connectivity index (χ1v) is 7.96. The third-order valence-electron chi connectivity index (χ3n) is 3.55.